The molecule has 0 radical (unpaired) electrons. The normalized spacial score (nSPS) is 15.7. The summed E-state index contributed by atoms with van der Waals surface area (Å²) < 4.78 is 58.1. The molecular weight excluding hydrogens is 398 g/mol. The first-order chi connectivity index (χ1) is 13.3. The van der Waals surface area contributed by atoms with Crippen molar-refractivity contribution < 1.29 is 22.3 Å². The summed E-state index contributed by atoms with van der Waals surface area (Å²) in [6.45, 7) is 3.39. The summed E-state index contributed by atoms with van der Waals surface area (Å²) in [6.07, 6.45) is -3.71. The Morgan fingerprint density at radius 1 is 1.00 bits per heavy atom. The Balaban J connectivity index is 1.47. The maximum Gasteiger partial charge on any atom is 0.419 e. The van der Waals surface area contributed by atoms with Gasteiger partial charge >= 0.3 is 6.18 Å². The van der Waals surface area contributed by atoms with E-state index in [1.807, 2.05) is 0 Å². The highest BCUT2D eigenvalue weighted by atomic mass is 35.5. The molecule has 1 aromatic heterocycles. The van der Waals surface area contributed by atoms with Gasteiger partial charge in [-0.05, 0) is 42.8 Å². The smallest absolute Gasteiger partial charge is 0.419 e. The topological polar surface area (TPSA) is 28.6 Å². The Hall–Kier alpha value is -2.06. The Morgan fingerprint density at radius 2 is 1.68 bits per heavy atom. The van der Waals surface area contributed by atoms with Crippen LogP contribution in [0.1, 0.15) is 12.0 Å². The van der Waals surface area contributed by atoms with Gasteiger partial charge in [-0.2, -0.15) is 13.2 Å². The number of pyridine rings is 1. The first-order valence-electron chi connectivity index (χ1n) is 8.92. The monoisotopic (exact) mass is 417 g/mol. The quantitative estimate of drug-likeness (QED) is 0.393. The van der Waals surface area contributed by atoms with E-state index in [0.717, 1.165) is 25.1 Å². The number of hydrogen-bond acceptors (Lipinski definition) is 4. The van der Waals surface area contributed by atoms with Crippen molar-refractivity contribution in [1.82, 2.24) is 9.88 Å². The van der Waals surface area contributed by atoms with E-state index >= 15 is 0 Å². The zero-order valence-corrected chi connectivity index (χ0v) is 15.8. The lowest BCUT2D eigenvalue weighted by Gasteiger charge is -2.36. The van der Waals surface area contributed by atoms with Crippen molar-refractivity contribution >= 4 is 17.4 Å². The minimum atomic E-state index is -4.47. The zero-order valence-electron chi connectivity index (χ0n) is 15.1. The largest absolute Gasteiger partial charge is 0.494 e. The van der Waals surface area contributed by atoms with E-state index in [-0.39, 0.29) is 16.8 Å². The van der Waals surface area contributed by atoms with Gasteiger partial charge < -0.3 is 9.64 Å². The number of aromatic nitrogens is 1. The zero-order chi connectivity index (χ0) is 20.1. The molecule has 9 heteroatoms. The SMILES string of the molecule is Fc1ccc(OCCCN2CCN(c3nc(Cl)ccc3C(F)(F)F)CC2)cc1. The van der Waals surface area contributed by atoms with Gasteiger partial charge in [0, 0.05) is 32.7 Å². The van der Waals surface area contributed by atoms with E-state index < -0.39 is 11.7 Å². The molecule has 0 spiro atoms. The summed E-state index contributed by atoms with van der Waals surface area (Å²) in [5, 5.41) is 0.0448. The van der Waals surface area contributed by atoms with Crippen LogP contribution in [0.25, 0.3) is 0 Å². The third-order valence-electron chi connectivity index (χ3n) is 4.52. The lowest BCUT2D eigenvalue weighted by atomic mass is 10.2. The molecule has 0 atom stereocenters. The fourth-order valence-electron chi connectivity index (χ4n) is 3.08. The van der Waals surface area contributed by atoms with Crippen molar-refractivity contribution in [1.29, 1.82) is 0 Å². The maximum atomic E-state index is 13.2. The molecule has 1 aliphatic heterocycles. The van der Waals surface area contributed by atoms with Crippen LogP contribution in [0, 0.1) is 5.82 Å². The average molecular weight is 418 g/mol. The van der Waals surface area contributed by atoms with E-state index in [1.54, 1.807) is 17.0 Å². The molecule has 4 nitrogen and oxygen atoms in total. The lowest BCUT2D eigenvalue weighted by molar-refractivity contribution is -0.137. The minimum absolute atomic E-state index is 0.0448. The van der Waals surface area contributed by atoms with Crippen LogP contribution in [0.15, 0.2) is 36.4 Å². The summed E-state index contributed by atoms with van der Waals surface area (Å²) in [6, 6.07) is 7.96. The number of halogens is 5. The van der Waals surface area contributed by atoms with Gasteiger partial charge in [-0.25, -0.2) is 9.37 Å². The van der Waals surface area contributed by atoms with E-state index in [9.17, 15) is 17.6 Å². The number of rotatable bonds is 6. The number of nitrogens with zero attached hydrogens (tertiary/aromatic N) is 3. The lowest BCUT2D eigenvalue weighted by Crippen LogP contribution is -2.47. The summed E-state index contributed by atoms with van der Waals surface area (Å²) in [5.74, 6) is 0.185. The third-order valence-corrected chi connectivity index (χ3v) is 4.73. The molecule has 2 aromatic rings. The summed E-state index contributed by atoms with van der Waals surface area (Å²) in [5.41, 5.74) is -0.766. The van der Waals surface area contributed by atoms with E-state index in [0.29, 0.717) is 38.5 Å². The first kappa shape index (κ1) is 20.7. The van der Waals surface area contributed by atoms with Crippen LogP contribution in [0.4, 0.5) is 23.4 Å². The molecule has 0 N–H and O–H groups in total. The molecule has 0 unspecified atom stereocenters. The third kappa shape index (κ3) is 5.48. The van der Waals surface area contributed by atoms with Crippen molar-refractivity contribution in [3.63, 3.8) is 0 Å². The second-order valence-corrected chi connectivity index (χ2v) is 6.87. The van der Waals surface area contributed by atoms with Crippen LogP contribution >= 0.6 is 11.6 Å². The molecule has 28 heavy (non-hydrogen) atoms. The number of anilines is 1. The first-order valence-corrected chi connectivity index (χ1v) is 9.30. The molecule has 0 saturated carbocycles. The van der Waals surface area contributed by atoms with Gasteiger partial charge in [-0.1, -0.05) is 11.6 Å². The second kappa shape index (κ2) is 8.96. The van der Waals surface area contributed by atoms with Crippen molar-refractivity contribution in [3.05, 3.63) is 52.9 Å². The highest BCUT2D eigenvalue weighted by Crippen LogP contribution is 2.36. The standard InChI is InChI=1S/C19H20ClF4N3O/c20-17-7-6-16(19(22,23)24)18(25-17)27-11-9-26(10-12-27)8-1-13-28-15-4-2-14(21)3-5-15/h2-7H,1,8-13H2. The minimum Gasteiger partial charge on any atom is -0.494 e. The van der Waals surface area contributed by atoms with Gasteiger partial charge in [-0.3, -0.25) is 4.90 Å². The number of ether oxygens (including phenoxy) is 1. The van der Waals surface area contributed by atoms with Crippen LogP contribution < -0.4 is 9.64 Å². The van der Waals surface area contributed by atoms with Crippen LogP contribution in [0.5, 0.6) is 5.75 Å². The fraction of sp³-hybridized carbons (Fsp3) is 0.421. The average Bonchev–Trinajstić information content (AvgIpc) is 2.66. The Morgan fingerprint density at radius 3 is 2.32 bits per heavy atom. The van der Waals surface area contributed by atoms with Gasteiger partial charge in [0.25, 0.3) is 0 Å². The molecule has 0 bridgehead atoms. The van der Waals surface area contributed by atoms with Gasteiger partial charge in [0.15, 0.2) is 0 Å². The van der Waals surface area contributed by atoms with Gasteiger partial charge in [0.1, 0.15) is 22.5 Å². The highest BCUT2D eigenvalue weighted by molar-refractivity contribution is 6.29. The number of benzene rings is 1. The molecule has 152 valence electrons. The number of alkyl halides is 3. The predicted molar refractivity (Wildman–Crippen MR) is 99.4 cm³/mol. The summed E-state index contributed by atoms with van der Waals surface area (Å²) in [4.78, 5) is 7.70. The van der Waals surface area contributed by atoms with Crippen LogP contribution in [-0.4, -0.2) is 49.2 Å². The number of piperazine rings is 1. The summed E-state index contributed by atoms with van der Waals surface area (Å²) >= 11 is 5.81. The van der Waals surface area contributed by atoms with E-state index in [1.165, 1.54) is 12.1 Å². The van der Waals surface area contributed by atoms with Gasteiger partial charge in [-0.15, -0.1) is 0 Å². The van der Waals surface area contributed by atoms with E-state index in [4.69, 9.17) is 16.3 Å². The van der Waals surface area contributed by atoms with Crippen molar-refractivity contribution in [3.8, 4) is 5.75 Å². The predicted octanol–water partition coefficient (Wildman–Crippen LogP) is 4.48. The van der Waals surface area contributed by atoms with Gasteiger partial charge in [0.05, 0.1) is 12.2 Å². The van der Waals surface area contributed by atoms with Crippen molar-refractivity contribution in [2.24, 2.45) is 0 Å². The summed E-state index contributed by atoms with van der Waals surface area (Å²) in [7, 11) is 0. The second-order valence-electron chi connectivity index (χ2n) is 6.49. The van der Waals surface area contributed by atoms with Crippen LogP contribution in [0.2, 0.25) is 5.15 Å². The molecule has 0 amide bonds. The molecule has 2 heterocycles. The van der Waals surface area contributed by atoms with E-state index in [2.05, 4.69) is 9.88 Å². The van der Waals surface area contributed by atoms with Crippen molar-refractivity contribution in [2.45, 2.75) is 12.6 Å². The molecule has 1 fully saturated rings. The van der Waals surface area contributed by atoms with Crippen molar-refractivity contribution in [2.75, 3.05) is 44.2 Å². The maximum absolute atomic E-state index is 13.2. The molecule has 1 saturated heterocycles. The Labute approximate surface area is 165 Å². The molecule has 1 aliphatic rings. The molecule has 3 rings (SSSR count). The molecular formula is C19H20ClF4N3O. The molecule has 0 aliphatic carbocycles. The van der Waals surface area contributed by atoms with Crippen LogP contribution in [0.3, 0.4) is 0 Å². The Kier molecular flexibility index (Phi) is 6.61. The number of hydrogen-bond donors (Lipinski definition) is 0. The highest BCUT2D eigenvalue weighted by Gasteiger charge is 2.36. The fourth-order valence-corrected chi connectivity index (χ4v) is 3.22. The van der Waals surface area contributed by atoms with Gasteiger partial charge in [0.2, 0.25) is 0 Å². The van der Waals surface area contributed by atoms with Crippen LogP contribution in [-0.2, 0) is 6.18 Å². The Bertz CT molecular complexity index is 778. The molecule has 1 aromatic carbocycles.